The minimum Gasteiger partial charge on any atom is -0.352 e. The summed E-state index contributed by atoms with van der Waals surface area (Å²) in [6.45, 7) is 0.608. The number of carbonyl (C=O) groups excluding carboxylic acids is 1. The number of nitrogens with one attached hydrogen (secondary N) is 3. The molecule has 0 fully saturated rings. The minimum atomic E-state index is -0.0730. The maximum Gasteiger partial charge on any atom is 0.251 e. The zero-order valence-electron chi connectivity index (χ0n) is 13.0. The third-order valence-electron chi connectivity index (χ3n) is 4.00. The maximum atomic E-state index is 12.2. The molecule has 120 valence electrons. The van der Waals surface area contributed by atoms with Gasteiger partial charge >= 0.3 is 0 Å². The number of nitrogens with zero attached hydrogens (tertiary/aromatic N) is 2. The minimum absolute atomic E-state index is 0.0730. The van der Waals surface area contributed by atoms with Crippen LogP contribution in [-0.2, 0) is 6.42 Å². The number of hydrogen-bond acceptors (Lipinski definition) is 3. The molecule has 0 bridgehead atoms. The van der Waals surface area contributed by atoms with Crippen LogP contribution in [0.4, 0.5) is 0 Å². The van der Waals surface area contributed by atoms with Gasteiger partial charge in [0.1, 0.15) is 5.82 Å². The van der Waals surface area contributed by atoms with Crippen molar-refractivity contribution in [3.8, 4) is 0 Å². The standard InChI is InChI=1S/C18H17N5O/c24-18(12-7-8-13-16(10-12)21-11-20-13)19-9-3-6-17-22-14-4-1-2-5-15(14)23-17/h1-2,4-5,7-8,10-11H,3,6,9H2,(H,19,24)(H,20,21)(H,22,23). The molecule has 4 rings (SSSR count). The lowest BCUT2D eigenvalue weighted by atomic mass is 10.2. The summed E-state index contributed by atoms with van der Waals surface area (Å²) in [5, 5.41) is 2.94. The number of aromatic amines is 2. The lowest BCUT2D eigenvalue weighted by Crippen LogP contribution is -2.24. The highest BCUT2D eigenvalue weighted by atomic mass is 16.1. The summed E-state index contributed by atoms with van der Waals surface area (Å²) in [6, 6.07) is 13.4. The highest BCUT2D eigenvalue weighted by molar-refractivity contribution is 5.97. The fourth-order valence-electron chi connectivity index (χ4n) is 2.76. The molecule has 3 N–H and O–H groups in total. The molecule has 0 aliphatic carbocycles. The van der Waals surface area contributed by atoms with Gasteiger partial charge in [0, 0.05) is 18.5 Å². The van der Waals surface area contributed by atoms with E-state index in [1.54, 1.807) is 12.4 Å². The fraction of sp³-hybridized carbons (Fsp3) is 0.167. The van der Waals surface area contributed by atoms with Crippen molar-refractivity contribution >= 4 is 28.0 Å². The van der Waals surface area contributed by atoms with Crippen molar-refractivity contribution in [1.82, 2.24) is 25.3 Å². The van der Waals surface area contributed by atoms with E-state index in [2.05, 4.69) is 25.3 Å². The molecule has 2 aromatic carbocycles. The van der Waals surface area contributed by atoms with Gasteiger partial charge in [0.05, 0.1) is 28.4 Å². The van der Waals surface area contributed by atoms with E-state index in [9.17, 15) is 4.79 Å². The van der Waals surface area contributed by atoms with Gasteiger partial charge in [-0.2, -0.15) is 0 Å². The molecular weight excluding hydrogens is 302 g/mol. The van der Waals surface area contributed by atoms with Gasteiger partial charge in [-0.05, 0) is 36.8 Å². The van der Waals surface area contributed by atoms with E-state index < -0.39 is 0 Å². The average molecular weight is 319 g/mol. The van der Waals surface area contributed by atoms with Crippen LogP contribution in [0.25, 0.3) is 22.1 Å². The van der Waals surface area contributed by atoms with Crippen LogP contribution in [0.5, 0.6) is 0 Å². The Labute approximate surface area is 138 Å². The molecule has 4 aromatic rings. The van der Waals surface area contributed by atoms with Crippen molar-refractivity contribution in [2.24, 2.45) is 0 Å². The Kier molecular flexibility index (Phi) is 3.70. The van der Waals surface area contributed by atoms with Crippen LogP contribution in [0, 0.1) is 0 Å². The van der Waals surface area contributed by atoms with Crippen LogP contribution in [0.2, 0.25) is 0 Å². The number of H-pyrrole nitrogens is 2. The van der Waals surface area contributed by atoms with E-state index in [1.165, 1.54) is 0 Å². The summed E-state index contributed by atoms with van der Waals surface area (Å²) >= 11 is 0. The topological polar surface area (TPSA) is 86.5 Å². The summed E-state index contributed by atoms with van der Waals surface area (Å²) in [7, 11) is 0. The first-order valence-electron chi connectivity index (χ1n) is 7.94. The van der Waals surface area contributed by atoms with E-state index in [-0.39, 0.29) is 5.91 Å². The van der Waals surface area contributed by atoms with Crippen molar-refractivity contribution in [3.05, 3.63) is 60.2 Å². The van der Waals surface area contributed by atoms with Crippen LogP contribution in [0.3, 0.4) is 0 Å². The van der Waals surface area contributed by atoms with Gasteiger partial charge in [-0.25, -0.2) is 9.97 Å². The van der Waals surface area contributed by atoms with E-state index in [0.717, 1.165) is 40.7 Å². The van der Waals surface area contributed by atoms with Gasteiger partial charge in [-0.3, -0.25) is 4.79 Å². The monoisotopic (exact) mass is 319 g/mol. The first-order valence-corrected chi connectivity index (χ1v) is 7.94. The number of imidazole rings is 2. The zero-order chi connectivity index (χ0) is 16.4. The fourth-order valence-corrected chi connectivity index (χ4v) is 2.76. The smallest absolute Gasteiger partial charge is 0.251 e. The number of rotatable bonds is 5. The molecule has 0 atom stereocenters. The Bertz CT molecular complexity index is 968. The number of carbonyl (C=O) groups is 1. The van der Waals surface area contributed by atoms with Crippen LogP contribution >= 0.6 is 0 Å². The molecule has 0 unspecified atom stereocenters. The van der Waals surface area contributed by atoms with E-state index in [0.29, 0.717) is 12.1 Å². The quantitative estimate of drug-likeness (QED) is 0.494. The van der Waals surface area contributed by atoms with Crippen LogP contribution in [0.1, 0.15) is 22.6 Å². The summed E-state index contributed by atoms with van der Waals surface area (Å²) in [5.41, 5.74) is 4.38. The molecular formula is C18H17N5O. The van der Waals surface area contributed by atoms with Crippen molar-refractivity contribution < 1.29 is 4.79 Å². The van der Waals surface area contributed by atoms with Gasteiger partial charge in [0.2, 0.25) is 0 Å². The highest BCUT2D eigenvalue weighted by Gasteiger charge is 2.07. The number of fused-ring (bicyclic) bond motifs is 2. The lowest BCUT2D eigenvalue weighted by Gasteiger charge is -2.04. The first kappa shape index (κ1) is 14.4. The summed E-state index contributed by atoms with van der Waals surface area (Å²) < 4.78 is 0. The van der Waals surface area contributed by atoms with Crippen LogP contribution in [-0.4, -0.2) is 32.4 Å². The van der Waals surface area contributed by atoms with E-state index in [4.69, 9.17) is 0 Å². The Morgan fingerprint density at radius 2 is 2.00 bits per heavy atom. The Hall–Kier alpha value is -3.15. The maximum absolute atomic E-state index is 12.2. The molecule has 0 spiro atoms. The Morgan fingerprint density at radius 1 is 1.08 bits per heavy atom. The molecule has 0 saturated carbocycles. The molecule has 2 aromatic heterocycles. The summed E-state index contributed by atoms with van der Waals surface area (Å²) in [4.78, 5) is 27.2. The molecule has 2 heterocycles. The summed E-state index contributed by atoms with van der Waals surface area (Å²) in [6.07, 6.45) is 3.26. The third kappa shape index (κ3) is 2.86. The number of aromatic nitrogens is 4. The molecule has 6 heteroatoms. The number of amides is 1. The predicted octanol–water partition coefficient (Wildman–Crippen LogP) is 2.80. The number of benzene rings is 2. The largest absolute Gasteiger partial charge is 0.352 e. The van der Waals surface area contributed by atoms with Crippen LogP contribution < -0.4 is 5.32 Å². The van der Waals surface area contributed by atoms with Gasteiger partial charge in [0.15, 0.2) is 0 Å². The molecule has 0 saturated heterocycles. The average Bonchev–Trinajstić information content (AvgIpc) is 3.23. The normalized spacial score (nSPS) is 11.2. The van der Waals surface area contributed by atoms with Gasteiger partial charge in [0.25, 0.3) is 5.91 Å². The molecule has 1 amide bonds. The van der Waals surface area contributed by atoms with Gasteiger partial charge in [-0.1, -0.05) is 12.1 Å². The van der Waals surface area contributed by atoms with Crippen molar-refractivity contribution in [2.75, 3.05) is 6.54 Å². The Morgan fingerprint density at radius 3 is 2.92 bits per heavy atom. The third-order valence-corrected chi connectivity index (χ3v) is 4.00. The number of hydrogen-bond donors (Lipinski definition) is 3. The van der Waals surface area contributed by atoms with E-state index >= 15 is 0 Å². The number of para-hydroxylation sites is 2. The first-order chi connectivity index (χ1) is 11.8. The van der Waals surface area contributed by atoms with Crippen LogP contribution in [0.15, 0.2) is 48.8 Å². The molecule has 6 nitrogen and oxygen atoms in total. The highest BCUT2D eigenvalue weighted by Crippen LogP contribution is 2.12. The predicted molar refractivity (Wildman–Crippen MR) is 92.8 cm³/mol. The zero-order valence-corrected chi connectivity index (χ0v) is 13.0. The second-order valence-electron chi connectivity index (χ2n) is 5.69. The molecule has 24 heavy (non-hydrogen) atoms. The Balaban J connectivity index is 1.32. The molecule has 0 aliphatic heterocycles. The summed E-state index contributed by atoms with van der Waals surface area (Å²) in [5.74, 6) is 0.875. The second-order valence-corrected chi connectivity index (χ2v) is 5.69. The van der Waals surface area contributed by atoms with E-state index in [1.807, 2.05) is 36.4 Å². The number of aryl methyl sites for hydroxylation is 1. The SMILES string of the molecule is O=C(NCCCc1nc2ccccc2[nH]1)c1ccc2nc[nH]c2c1. The van der Waals surface area contributed by atoms with Crippen molar-refractivity contribution in [1.29, 1.82) is 0 Å². The van der Waals surface area contributed by atoms with Crippen molar-refractivity contribution in [2.45, 2.75) is 12.8 Å². The molecule has 0 radical (unpaired) electrons. The van der Waals surface area contributed by atoms with Gasteiger partial charge < -0.3 is 15.3 Å². The van der Waals surface area contributed by atoms with Crippen molar-refractivity contribution in [3.63, 3.8) is 0 Å². The second kappa shape index (κ2) is 6.16. The molecule has 0 aliphatic rings. The lowest BCUT2D eigenvalue weighted by molar-refractivity contribution is 0.0953. The van der Waals surface area contributed by atoms with Gasteiger partial charge in [-0.15, -0.1) is 0 Å².